The molecule has 1 aromatic carbocycles. The predicted molar refractivity (Wildman–Crippen MR) is 126 cm³/mol. The number of carboxylic acid groups (broad SMARTS) is 1. The van der Waals surface area contributed by atoms with Crippen molar-refractivity contribution in [3.05, 3.63) is 58.3 Å². The van der Waals surface area contributed by atoms with E-state index in [1.807, 2.05) is 47.8 Å². The minimum absolute atomic E-state index is 0.00420. The van der Waals surface area contributed by atoms with Gasteiger partial charge in [-0.2, -0.15) is 0 Å². The monoisotopic (exact) mass is 476 g/mol. The molecule has 2 heterocycles. The summed E-state index contributed by atoms with van der Waals surface area (Å²) in [6, 6.07) is 12.4. The molecule has 0 saturated carbocycles. The van der Waals surface area contributed by atoms with E-state index in [-0.39, 0.29) is 24.3 Å². The van der Waals surface area contributed by atoms with Gasteiger partial charge in [0, 0.05) is 17.2 Å². The van der Waals surface area contributed by atoms with Crippen molar-refractivity contribution < 1.29 is 24.2 Å². The van der Waals surface area contributed by atoms with Crippen LogP contribution in [0.1, 0.15) is 29.0 Å². The summed E-state index contributed by atoms with van der Waals surface area (Å²) in [5, 5.41) is 14.5. The van der Waals surface area contributed by atoms with Crippen molar-refractivity contribution in [1.82, 2.24) is 10.2 Å². The van der Waals surface area contributed by atoms with Crippen molar-refractivity contribution in [2.75, 3.05) is 25.4 Å². The Labute approximate surface area is 196 Å². The lowest BCUT2D eigenvalue weighted by Gasteiger charge is -2.26. The topological polar surface area (TPSA) is 95.9 Å². The van der Waals surface area contributed by atoms with Crippen LogP contribution in [0.5, 0.6) is 0 Å². The van der Waals surface area contributed by atoms with Gasteiger partial charge in [-0.1, -0.05) is 36.4 Å². The minimum atomic E-state index is -1.06. The van der Waals surface area contributed by atoms with Crippen molar-refractivity contribution in [3.63, 3.8) is 0 Å². The van der Waals surface area contributed by atoms with Crippen LogP contribution in [0.4, 0.5) is 0 Å². The smallest absolute Gasteiger partial charge is 0.323 e. The van der Waals surface area contributed by atoms with Gasteiger partial charge in [0.1, 0.15) is 12.6 Å². The Morgan fingerprint density at radius 2 is 2.03 bits per heavy atom. The molecule has 3 atom stereocenters. The molecule has 0 radical (unpaired) electrons. The lowest BCUT2D eigenvalue weighted by Crippen LogP contribution is -2.53. The van der Waals surface area contributed by atoms with Crippen molar-refractivity contribution in [3.8, 4) is 0 Å². The summed E-state index contributed by atoms with van der Waals surface area (Å²) >= 11 is 3.20. The second kappa shape index (κ2) is 12.0. The van der Waals surface area contributed by atoms with Crippen LogP contribution in [0, 0.1) is 0 Å². The molecule has 1 aromatic heterocycles. The average molecular weight is 477 g/mol. The summed E-state index contributed by atoms with van der Waals surface area (Å²) in [7, 11) is 0. The van der Waals surface area contributed by atoms with E-state index in [0.717, 1.165) is 10.4 Å². The average Bonchev–Trinajstić information content (AvgIpc) is 3.27. The van der Waals surface area contributed by atoms with Gasteiger partial charge >= 0.3 is 11.9 Å². The first kappa shape index (κ1) is 24.3. The van der Waals surface area contributed by atoms with E-state index in [0.29, 0.717) is 25.1 Å². The third kappa shape index (κ3) is 6.82. The molecule has 0 unspecified atom stereocenters. The van der Waals surface area contributed by atoms with Gasteiger partial charge in [0.2, 0.25) is 5.91 Å². The number of carbonyl (C=O) groups is 3. The number of rotatable bonds is 10. The highest BCUT2D eigenvalue weighted by molar-refractivity contribution is 7.99. The summed E-state index contributed by atoms with van der Waals surface area (Å²) < 4.78 is 5.25. The molecular weight excluding hydrogens is 448 g/mol. The van der Waals surface area contributed by atoms with Crippen LogP contribution in [0.25, 0.3) is 0 Å². The van der Waals surface area contributed by atoms with Gasteiger partial charge in [-0.15, -0.1) is 23.1 Å². The van der Waals surface area contributed by atoms with E-state index in [2.05, 4.69) is 5.32 Å². The maximum Gasteiger partial charge on any atom is 0.323 e. The number of esters is 1. The van der Waals surface area contributed by atoms with Crippen molar-refractivity contribution in [2.24, 2.45) is 0 Å². The fraction of sp³-hybridized carbons (Fsp3) is 0.435. The van der Waals surface area contributed by atoms with Gasteiger partial charge in [-0.05, 0) is 36.8 Å². The quantitative estimate of drug-likeness (QED) is 0.509. The molecule has 2 aromatic rings. The third-order valence-corrected chi connectivity index (χ3v) is 7.65. The van der Waals surface area contributed by atoms with Gasteiger partial charge in [-0.3, -0.25) is 19.7 Å². The molecule has 2 N–H and O–H groups in total. The minimum Gasteiger partial charge on any atom is -0.480 e. The van der Waals surface area contributed by atoms with Crippen LogP contribution in [0.15, 0.2) is 47.8 Å². The molecule has 1 amide bonds. The lowest BCUT2D eigenvalue weighted by molar-refractivity contribution is -0.148. The third-order valence-electron chi connectivity index (χ3n) is 5.18. The van der Waals surface area contributed by atoms with Gasteiger partial charge in [-0.25, -0.2) is 0 Å². The van der Waals surface area contributed by atoms with Crippen LogP contribution in [-0.4, -0.2) is 65.4 Å². The fourth-order valence-electron chi connectivity index (χ4n) is 3.63. The summed E-state index contributed by atoms with van der Waals surface area (Å²) in [6.45, 7) is 1.95. The summed E-state index contributed by atoms with van der Waals surface area (Å²) in [5.74, 6) is -1.31. The Kier molecular flexibility index (Phi) is 9.13. The molecule has 0 aliphatic carbocycles. The number of aryl methyl sites for hydroxylation is 1. The second-order valence-corrected chi connectivity index (χ2v) is 9.71. The van der Waals surface area contributed by atoms with Gasteiger partial charge < -0.3 is 14.7 Å². The Morgan fingerprint density at radius 3 is 2.69 bits per heavy atom. The van der Waals surface area contributed by atoms with E-state index in [1.54, 1.807) is 30.0 Å². The Balaban J connectivity index is 1.75. The van der Waals surface area contributed by atoms with Crippen molar-refractivity contribution in [1.29, 1.82) is 0 Å². The van der Waals surface area contributed by atoms with E-state index in [9.17, 15) is 19.5 Å². The van der Waals surface area contributed by atoms with E-state index in [4.69, 9.17) is 4.74 Å². The number of thiophene rings is 1. The number of thioether (sulfide) groups is 1. The first-order valence-corrected chi connectivity index (χ1v) is 12.5. The number of hydrogen-bond acceptors (Lipinski definition) is 7. The number of benzene rings is 1. The molecule has 3 rings (SSSR count). The van der Waals surface area contributed by atoms with Gasteiger partial charge in [0.25, 0.3) is 0 Å². The van der Waals surface area contributed by atoms with E-state index >= 15 is 0 Å². The normalized spacial score (nSPS) is 19.9. The highest BCUT2D eigenvalue weighted by Crippen LogP contribution is 2.35. The highest BCUT2D eigenvalue weighted by atomic mass is 32.2. The lowest BCUT2D eigenvalue weighted by atomic mass is 10.0. The molecule has 1 aliphatic rings. The fourth-order valence-corrected chi connectivity index (χ4v) is 5.89. The van der Waals surface area contributed by atoms with Gasteiger partial charge in [0.05, 0.1) is 17.9 Å². The number of hydrogen-bond donors (Lipinski definition) is 2. The van der Waals surface area contributed by atoms with Crippen molar-refractivity contribution in [2.45, 2.75) is 37.1 Å². The molecule has 0 bridgehead atoms. The number of nitrogens with one attached hydrogen (secondary N) is 1. The number of amides is 1. The number of carboxylic acids is 1. The number of aliphatic carboxylic acids is 1. The zero-order valence-corrected chi connectivity index (χ0v) is 19.6. The summed E-state index contributed by atoms with van der Waals surface area (Å²) in [4.78, 5) is 39.7. The first-order chi connectivity index (χ1) is 15.5. The second-order valence-electron chi connectivity index (χ2n) is 7.50. The van der Waals surface area contributed by atoms with Crippen LogP contribution >= 0.6 is 23.1 Å². The van der Waals surface area contributed by atoms with Crippen LogP contribution < -0.4 is 5.32 Å². The highest BCUT2D eigenvalue weighted by Gasteiger charge is 2.36. The van der Waals surface area contributed by atoms with Crippen LogP contribution in [-0.2, 0) is 25.5 Å². The standard InChI is InChI=1S/C23H28N2O5S2/c1-2-30-23(29)17(11-10-16-7-4-3-5-8-16)24-18-15-32-20(19-9-6-12-31-19)13-25(22(18)28)14-21(26)27/h3-9,12,17-18,20,24H,2,10-11,13-15H2,1H3,(H,26,27)/t17-,18+,20+/m0/s1. The molecule has 7 nitrogen and oxygen atoms in total. The Bertz CT molecular complexity index is 891. The molecule has 32 heavy (non-hydrogen) atoms. The molecule has 1 fully saturated rings. The van der Waals surface area contributed by atoms with E-state index < -0.39 is 24.0 Å². The molecular formula is C23H28N2O5S2. The maximum atomic E-state index is 13.2. The summed E-state index contributed by atoms with van der Waals surface area (Å²) in [6.07, 6.45) is 1.13. The zero-order chi connectivity index (χ0) is 22.9. The Morgan fingerprint density at radius 1 is 1.25 bits per heavy atom. The molecule has 9 heteroatoms. The van der Waals surface area contributed by atoms with E-state index in [1.165, 1.54) is 4.90 Å². The Hall–Kier alpha value is -2.36. The predicted octanol–water partition coefficient (Wildman–Crippen LogP) is 2.97. The molecule has 0 spiro atoms. The maximum absolute atomic E-state index is 13.2. The molecule has 172 valence electrons. The molecule has 1 aliphatic heterocycles. The SMILES string of the molecule is CCOC(=O)[C@H](CCc1ccccc1)N[C@@H]1CS[C@@H](c2cccs2)CN(CC(=O)O)C1=O. The van der Waals surface area contributed by atoms with Crippen molar-refractivity contribution >= 4 is 40.9 Å². The molecule has 1 saturated heterocycles. The number of nitrogens with zero attached hydrogens (tertiary/aromatic N) is 1. The number of carbonyl (C=O) groups excluding carboxylic acids is 2. The zero-order valence-electron chi connectivity index (χ0n) is 17.9. The van der Waals surface area contributed by atoms with Crippen LogP contribution in [0.2, 0.25) is 0 Å². The largest absolute Gasteiger partial charge is 0.480 e. The first-order valence-electron chi connectivity index (χ1n) is 10.6. The number of ether oxygens (including phenoxy) is 1. The van der Waals surface area contributed by atoms with Gasteiger partial charge in [0.15, 0.2) is 0 Å². The van der Waals surface area contributed by atoms with Crippen LogP contribution in [0.3, 0.4) is 0 Å². The summed E-state index contributed by atoms with van der Waals surface area (Å²) in [5.41, 5.74) is 1.09.